The number of morpholine rings is 1. The van der Waals surface area contributed by atoms with Gasteiger partial charge in [0.25, 0.3) is 0 Å². The topological polar surface area (TPSA) is 52.1 Å². The Balaban J connectivity index is 1.20. The molecule has 2 aliphatic rings. The highest BCUT2D eigenvalue weighted by Crippen LogP contribution is 2.24. The van der Waals surface area contributed by atoms with Crippen LogP contribution in [-0.4, -0.2) is 63.3 Å². The molecule has 0 aliphatic carbocycles. The van der Waals surface area contributed by atoms with Gasteiger partial charge in [-0.3, -0.25) is 9.89 Å². The van der Waals surface area contributed by atoms with Gasteiger partial charge in [-0.2, -0.15) is 0 Å². The molecule has 2 aliphatic heterocycles. The Hall–Kier alpha value is -2.09. The second-order valence-electron chi connectivity index (χ2n) is 7.99. The van der Waals surface area contributed by atoms with Crippen LogP contribution in [0.5, 0.6) is 0 Å². The van der Waals surface area contributed by atoms with Gasteiger partial charge in [0.05, 0.1) is 18.2 Å². The van der Waals surface area contributed by atoms with E-state index in [4.69, 9.17) is 4.74 Å². The lowest BCUT2D eigenvalue weighted by Crippen LogP contribution is -2.48. The Morgan fingerprint density at radius 2 is 1.80 bits per heavy atom. The molecule has 162 valence electrons. The minimum Gasteiger partial charge on any atom is -0.379 e. The van der Waals surface area contributed by atoms with Gasteiger partial charge in [-0.1, -0.05) is 24.3 Å². The van der Waals surface area contributed by atoms with Crippen molar-refractivity contribution in [3.63, 3.8) is 0 Å². The maximum absolute atomic E-state index is 5.43. The van der Waals surface area contributed by atoms with Gasteiger partial charge in [-0.05, 0) is 41.5 Å². The van der Waals surface area contributed by atoms with Crippen molar-refractivity contribution in [3.05, 3.63) is 52.9 Å². The number of thiophene rings is 1. The molecule has 3 heterocycles. The monoisotopic (exact) mass is 427 g/mol. The summed E-state index contributed by atoms with van der Waals surface area (Å²) in [6, 6.07) is 13.7. The molecule has 2 N–H and O–H groups in total. The molecule has 2 saturated heterocycles. The maximum Gasteiger partial charge on any atom is 0.191 e. The number of piperidine rings is 1. The van der Waals surface area contributed by atoms with Crippen molar-refractivity contribution in [1.29, 1.82) is 0 Å². The molecular formula is C23H33N5OS. The lowest BCUT2D eigenvalue weighted by molar-refractivity contribution is 0.0342. The first kappa shape index (κ1) is 21.2. The molecule has 7 heteroatoms. The van der Waals surface area contributed by atoms with Crippen molar-refractivity contribution < 1.29 is 4.74 Å². The molecule has 0 atom stereocenters. The van der Waals surface area contributed by atoms with Crippen LogP contribution in [-0.2, 0) is 17.8 Å². The zero-order valence-corrected chi connectivity index (χ0v) is 18.7. The average molecular weight is 428 g/mol. The summed E-state index contributed by atoms with van der Waals surface area (Å²) >= 11 is 1.83. The molecule has 0 bridgehead atoms. The molecule has 6 nitrogen and oxygen atoms in total. The van der Waals surface area contributed by atoms with Crippen LogP contribution in [0.25, 0.3) is 0 Å². The minimum absolute atomic E-state index is 0.475. The zero-order valence-electron chi connectivity index (χ0n) is 17.8. The smallest absolute Gasteiger partial charge is 0.191 e. The fraction of sp³-hybridized carbons (Fsp3) is 0.522. The first-order valence-electron chi connectivity index (χ1n) is 10.9. The van der Waals surface area contributed by atoms with E-state index in [0.717, 1.165) is 71.3 Å². The van der Waals surface area contributed by atoms with Crippen molar-refractivity contribution in [2.45, 2.75) is 32.0 Å². The Morgan fingerprint density at radius 3 is 2.47 bits per heavy atom. The van der Waals surface area contributed by atoms with Gasteiger partial charge < -0.3 is 20.3 Å². The molecule has 2 fully saturated rings. The standard InChI is InChI=1S/C23H33N5OS/c1-24-23(26-21-8-10-28(11-9-21)22-3-2-16-30-22)25-17-19-4-6-20(7-5-19)18-27-12-14-29-15-13-27/h2-7,16,21H,8-15,17-18H2,1H3,(H2,24,25,26). The van der Waals surface area contributed by atoms with Crippen LogP contribution in [0.15, 0.2) is 46.8 Å². The number of nitrogens with zero attached hydrogens (tertiary/aromatic N) is 3. The van der Waals surface area contributed by atoms with Gasteiger partial charge >= 0.3 is 0 Å². The Morgan fingerprint density at radius 1 is 1.07 bits per heavy atom. The molecule has 1 aromatic heterocycles. The van der Waals surface area contributed by atoms with Crippen molar-refractivity contribution in [3.8, 4) is 0 Å². The third-order valence-corrected chi connectivity index (χ3v) is 6.80. The van der Waals surface area contributed by atoms with E-state index in [1.54, 1.807) is 0 Å². The van der Waals surface area contributed by atoms with E-state index in [9.17, 15) is 0 Å². The number of anilines is 1. The van der Waals surface area contributed by atoms with Crippen LogP contribution in [0.2, 0.25) is 0 Å². The number of hydrogen-bond acceptors (Lipinski definition) is 5. The number of benzene rings is 1. The van der Waals surface area contributed by atoms with Gasteiger partial charge in [0.2, 0.25) is 0 Å². The van der Waals surface area contributed by atoms with E-state index >= 15 is 0 Å². The summed E-state index contributed by atoms with van der Waals surface area (Å²) < 4.78 is 5.43. The summed E-state index contributed by atoms with van der Waals surface area (Å²) in [7, 11) is 1.85. The number of guanidine groups is 1. The van der Waals surface area contributed by atoms with Crippen LogP contribution >= 0.6 is 11.3 Å². The molecule has 2 aromatic rings. The average Bonchev–Trinajstić information content (AvgIpc) is 3.34. The van der Waals surface area contributed by atoms with Crippen LogP contribution in [0.3, 0.4) is 0 Å². The van der Waals surface area contributed by atoms with E-state index in [1.807, 2.05) is 18.4 Å². The Bertz CT molecular complexity index is 778. The molecule has 0 amide bonds. The molecule has 4 rings (SSSR count). The first-order valence-corrected chi connectivity index (χ1v) is 11.8. The lowest BCUT2D eigenvalue weighted by Gasteiger charge is -2.33. The molecule has 0 spiro atoms. The van der Waals surface area contributed by atoms with Gasteiger partial charge in [-0.25, -0.2) is 0 Å². The molecule has 0 saturated carbocycles. The van der Waals surface area contributed by atoms with Crippen molar-refractivity contribution >= 4 is 22.3 Å². The maximum atomic E-state index is 5.43. The molecular weight excluding hydrogens is 394 g/mol. The number of ether oxygens (including phenoxy) is 1. The fourth-order valence-electron chi connectivity index (χ4n) is 4.05. The molecule has 30 heavy (non-hydrogen) atoms. The van der Waals surface area contributed by atoms with Crippen LogP contribution in [0.1, 0.15) is 24.0 Å². The summed E-state index contributed by atoms with van der Waals surface area (Å²) in [4.78, 5) is 9.36. The molecule has 0 radical (unpaired) electrons. The van der Waals surface area contributed by atoms with Gasteiger partial charge in [0, 0.05) is 52.4 Å². The Kier molecular flexibility index (Phi) is 7.61. The first-order chi connectivity index (χ1) is 14.8. The van der Waals surface area contributed by atoms with Crippen LogP contribution in [0, 0.1) is 0 Å². The summed E-state index contributed by atoms with van der Waals surface area (Å²) in [5, 5.41) is 10.6. The predicted octanol–water partition coefficient (Wildman–Crippen LogP) is 2.91. The van der Waals surface area contributed by atoms with Crippen molar-refractivity contribution in [1.82, 2.24) is 15.5 Å². The summed E-state index contributed by atoms with van der Waals surface area (Å²) in [6.45, 7) is 7.73. The third kappa shape index (κ3) is 5.97. The number of nitrogens with one attached hydrogen (secondary N) is 2. The van der Waals surface area contributed by atoms with E-state index in [0.29, 0.717) is 6.04 Å². The van der Waals surface area contributed by atoms with Gasteiger partial charge in [0.15, 0.2) is 5.96 Å². The quantitative estimate of drug-likeness (QED) is 0.548. The van der Waals surface area contributed by atoms with Crippen LogP contribution < -0.4 is 15.5 Å². The summed E-state index contributed by atoms with van der Waals surface area (Å²) in [5.41, 5.74) is 2.64. The Labute approximate surface area is 183 Å². The second kappa shape index (κ2) is 10.8. The normalized spacial score (nSPS) is 19.1. The summed E-state index contributed by atoms with van der Waals surface area (Å²) in [6.07, 6.45) is 2.27. The number of hydrogen-bond donors (Lipinski definition) is 2. The zero-order chi connectivity index (χ0) is 20.6. The number of aliphatic imine (C=N–C) groups is 1. The van der Waals surface area contributed by atoms with E-state index < -0.39 is 0 Å². The van der Waals surface area contributed by atoms with E-state index in [-0.39, 0.29) is 0 Å². The highest BCUT2D eigenvalue weighted by molar-refractivity contribution is 7.14. The third-order valence-electron chi connectivity index (χ3n) is 5.87. The van der Waals surface area contributed by atoms with E-state index in [2.05, 4.69) is 67.2 Å². The lowest BCUT2D eigenvalue weighted by atomic mass is 10.1. The fourth-order valence-corrected chi connectivity index (χ4v) is 4.83. The van der Waals surface area contributed by atoms with Gasteiger partial charge in [0.1, 0.15) is 0 Å². The highest BCUT2D eigenvalue weighted by Gasteiger charge is 2.20. The highest BCUT2D eigenvalue weighted by atomic mass is 32.1. The van der Waals surface area contributed by atoms with Gasteiger partial charge in [-0.15, -0.1) is 11.3 Å². The van der Waals surface area contributed by atoms with Crippen LogP contribution in [0.4, 0.5) is 5.00 Å². The SMILES string of the molecule is CN=C(NCc1ccc(CN2CCOCC2)cc1)NC1CCN(c2cccs2)CC1. The summed E-state index contributed by atoms with van der Waals surface area (Å²) in [5.74, 6) is 0.891. The van der Waals surface area contributed by atoms with Crippen molar-refractivity contribution in [2.75, 3.05) is 51.3 Å². The van der Waals surface area contributed by atoms with Crippen molar-refractivity contribution in [2.24, 2.45) is 4.99 Å². The minimum atomic E-state index is 0.475. The molecule has 0 unspecified atom stereocenters. The second-order valence-corrected chi connectivity index (χ2v) is 8.91. The number of rotatable bonds is 6. The predicted molar refractivity (Wildman–Crippen MR) is 125 cm³/mol. The van der Waals surface area contributed by atoms with E-state index in [1.165, 1.54) is 16.1 Å². The largest absolute Gasteiger partial charge is 0.379 e. The molecule has 1 aromatic carbocycles.